The third-order valence-electron chi connectivity index (χ3n) is 1.63. The highest BCUT2D eigenvalue weighted by Crippen LogP contribution is 1.89. The molecule has 0 bridgehead atoms. The van der Waals surface area contributed by atoms with Crippen LogP contribution in [0.15, 0.2) is 12.8 Å². The Labute approximate surface area is 64.1 Å². The molecule has 0 aromatic carbocycles. The maximum absolute atomic E-state index is 3.68. The molecule has 0 rings (SSSR count). The molecule has 0 amide bonds. The molecule has 0 aliphatic heterocycles. The molecule has 0 aromatic rings. The van der Waals surface area contributed by atoms with Gasteiger partial charge < -0.3 is 4.90 Å². The van der Waals surface area contributed by atoms with Crippen LogP contribution >= 0.6 is 0 Å². The minimum atomic E-state index is 0.983. The summed E-state index contributed by atoms with van der Waals surface area (Å²) in [5.41, 5.74) is 0. The molecule has 0 aliphatic carbocycles. The Bertz CT molecular complexity index is 87.3. The zero-order valence-electron chi connectivity index (χ0n) is 7.30. The van der Waals surface area contributed by atoms with Gasteiger partial charge in [-0.3, -0.25) is 4.90 Å². The molecule has 0 saturated carbocycles. The molecule has 60 valence electrons. The van der Waals surface area contributed by atoms with Crippen molar-refractivity contribution in [1.82, 2.24) is 9.80 Å². The van der Waals surface area contributed by atoms with Gasteiger partial charge in [0.05, 0.1) is 6.67 Å². The molecule has 2 nitrogen and oxygen atoms in total. The third kappa shape index (κ3) is 3.51. The quantitative estimate of drug-likeness (QED) is 0.535. The highest BCUT2D eigenvalue weighted by atomic mass is 15.3. The maximum atomic E-state index is 3.68. The summed E-state index contributed by atoms with van der Waals surface area (Å²) in [5, 5.41) is 0. The summed E-state index contributed by atoms with van der Waals surface area (Å²) < 4.78 is 0. The van der Waals surface area contributed by atoms with Gasteiger partial charge in [0, 0.05) is 7.05 Å². The Hall–Kier alpha value is -0.500. The average molecular weight is 142 g/mol. The van der Waals surface area contributed by atoms with Crippen molar-refractivity contribution in [2.45, 2.75) is 13.8 Å². The van der Waals surface area contributed by atoms with E-state index >= 15 is 0 Å². The summed E-state index contributed by atoms with van der Waals surface area (Å²) >= 11 is 0. The van der Waals surface area contributed by atoms with Crippen molar-refractivity contribution in [3.63, 3.8) is 0 Å². The van der Waals surface area contributed by atoms with Crippen LogP contribution < -0.4 is 0 Å². The summed E-state index contributed by atoms with van der Waals surface area (Å²) in [6.07, 6.45) is 1.85. The fraction of sp³-hybridized carbons (Fsp3) is 0.750. The van der Waals surface area contributed by atoms with Crippen LogP contribution in [0.5, 0.6) is 0 Å². The van der Waals surface area contributed by atoms with Gasteiger partial charge in [0.2, 0.25) is 0 Å². The van der Waals surface area contributed by atoms with Crippen LogP contribution in [-0.4, -0.2) is 36.6 Å². The van der Waals surface area contributed by atoms with Crippen LogP contribution in [0.3, 0.4) is 0 Å². The lowest BCUT2D eigenvalue weighted by Gasteiger charge is -2.23. The SMILES string of the molecule is C=CN(C)CN(CC)CC. The Morgan fingerprint density at radius 3 is 2.10 bits per heavy atom. The van der Waals surface area contributed by atoms with Crippen molar-refractivity contribution >= 4 is 0 Å². The van der Waals surface area contributed by atoms with Gasteiger partial charge in [0.1, 0.15) is 0 Å². The van der Waals surface area contributed by atoms with Crippen molar-refractivity contribution in [2.75, 3.05) is 26.8 Å². The summed E-state index contributed by atoms with van der Waals surface area (Å²) in [6, 6.07) is 0. The summed E-state index contributed by atoms with van der Waals surface area (Å²) in [5.74, 6) is 0. The molecule has 0 aromatic heterocycles. The van der Waals surface area contributed by atoms with Crippen molar-refractivity contribution in [3.05, 3.63) is 12.8 Å². The second-order valence-corrected chi connectivity index (χ2v) is 2.38. The van der Waals surface area contributed by atoms with Crippen LogP contribution in [0.4, 0.5) is 0 Å². The fourth-order valence-electron chi connectivity index (χ4n) is 0.797. The van der Waals surface area contributed by atoms with Gasteiger partial charge >= 0.3 is 0 Å². The van der Waals surface area contributed by atoms with E-state index in [2.05, 4.69) is 30.2 Å². The van der Waals surface area contributed by atoms with E-state index < -0.39 is 0 Å². The van der Waals surface area contributed by atoms with Gasteiger partial charge in [-0.15, -0.1) is 0 Å². The van der Waals surface area contributed by atoms with Crippen LogP contribution in [0.2, 0.25) is 0 Å². The second kappa shape index (κ2) is 5.30. The zero-order valence-corrected chi connectivity index (χ0v) is 7.30. The molecular formula is C8H18N2. The Morgan fingerprint density at radius 1 is 1.30 bits per heavy atom. The Balaban J connectivity index is 3.51. The molecule has 0 atom stereocenters. The van der Waals surface area contributed by atoms with Gasteiger partial charge in [-0.05, 0) is 19.3 Å². The molecule has 0 saturated heterocycles. The van der Waals surface area contributed by atoms with E-state index in [1.54, 1.807) is 0 Å². The van der Waals surface area contributed by atoms with Crippen LogP contribution in [-0.2, 0) is 0 Å². The predicted molar refractivity (Wildman–Crippen MR) is 45.7 cm³/mol. The highest BCUT2D eigenvalue weighted by Gasteiger charge is 1.98. The fourth-order valence-corrected chi connectivity index (χ4v) is 0.797. The van der Waals surface area contributed by atoms with Crippen molar-refractivity contribution in [2.24, 2.45) is 0 Å². The monoisotopic (exact) mass is 142 g/mol. The molecule has 0 N–H and O–H groups in total. The molecule has 0 spiro atoms. The standard InChI is InChI=1S/C8H18N2/c1-5-9(4)8-10(6-2)7-3/h5H,1,6-8H2,2-4H3. The number of rotatable bonds is 5. The van der Waals surface area contributed by atoms with E-state index in [0.717, 1.165) is 19.8 Å². The van der Waals surface area contributed by atoms with Gasteiger partial charge in [0.25, 0.3) is 0 Å². The first-order chi connectivity index (χ1) is 4.74. The normalized spacial score (nSPS) is 10.0. The first-order valence-electron chi connectivity index (χ1n) is 3.79. The largest absolute Gasteiger partial charge is 0.368 e. The lowest BCUT2D eigenvalue weighted by atomic mass is 10.5. The molecule has 0 heterocycles. The van der Waals surface area contributed by atoms with Crippen molar-refractivity contribution < 1.29 is 0 Å². The molecular weight excluding hydrogens is 124 g/mol. The summed E-state index contributed by atoms with van der Waals surface area (Å²) in [4.78, 5) is 4.41. The van der Waals surface area contributed by atoms with Crippen molar-refractivity contribution in [1.29, 1.82) is 0 Å². The Morgan fingerprint density at radius 2 is 1.80 bits per heavy atom. The highest BCUT2D eigenvalue weighted by molar-refractivity contribution is 4.65. The molecule has 0 aliphatic rings. The number of hydrogen-bond donors (Lipinski definition) is 0. The molecule has 0 fully saturated rings. The third-order valence-corrected chi connectivity index (χ3v) is 1.63. The minimum absolute atomic E-state index is 0.983. The van der Waals surface area contributed by atoms with Crippen molar-refractivity contribution in [3.8, 4) is 0 Å². The lowest BCUT2D eigenvalue weighted by molar-refractivity contribution is 0.208. The lowest BCUT2D eigenvalue weighted by Crippen LogP contribution is -2.32. The second-order valence-electron chi connectivity index (χ2n) is 2.38. The van der Waals surface area contributed by atoms with E-state index in [0.29, 0.717) is 0 Å². The first kappa shape index (κ1) is 9.50. The van der Waals surface area contributed by atoms with Gasteiger partial charge in [-0.25, -0.2) is 0 Å². The van der Waals surface area contributed by atoms with Gasteiger partial charge in [0.15, 0.2) is 0 Å². The van der Waals surface area contributed by atoms with E-state index in [-0.39, 0.29) is 0 Å². The Kier molecular flexibility index (Phi) is 5.03. The van der Waals surface area contributed by atoms with Crippen LogP contribution in [0.25, 0.3) is 0 Å². The molecule has 2 heteroatoms. The van der Waals surface area contributed by atoms with Gasteiger partial charge in [-0.2, -0.15) is 0 Å². The van der Waals surface area contributed by atoms with Crippen LogP contribution in [0.1, 0.15) is 13.8 Å². The van der Waals surface area contributed by atoms with Crippen LogP contribution in [0, 0.1) is 0 Å². The first-order valence-corrected chi connectivity index (χ1v) is 3.79. The zero-order chi connectivity index (χ0) is 7.98. The predicted octanol–water partition coefficient (Wildman–Crippen LogP) is 1.36. The number of nitrogens with zero attached hydrogens (tertiary/aromatic N) is 2. The van der Waals surface area contributed by atoms with E-state index in [1.165, 1.54) is 0 Å². The maximum Gasteiger partial charge on any atom is 0.0697 e. The minimum Gasteiger partial charge on any atom is -0.368 e. The van der Waals surface area contributed by atoms with E-state index in [9.17, 15) is 0 Å². The van der Waals surface area contributed by atoms with E-state index in [4.69, 9.17) is 0 Å². The van der Waals surface area contributed by atoms with E-state index in [1.807, 2.05) is 13.2 Å². The molecule has 10 heavy (non-hydrogen) atoms. The molecule has 0 unspecified atom stereocenters. The summed E-state index contributed by atoms with van der Waals surface area (Å²) in [7, 11) is 2.03. The smallest absolute Gasteiger partial charge is 0.0697 e. The summed E-state index contributed by atoms with van der Waals surface area (Å²) in [6.45, 7) is 11.2. The molecule has 0 radical (unpaired) electrons. The topological polar surface area (TPSA) is 6.48 Å². The average Bonchev–Trinajstić information content (AvgIpc) is 1.99. The van der Waals surface area contributed by atoms with Gasteiger partial charge in [-0.1, -0.05) is 20.4 Å². The number of hydrogen-bond acceptors (Lipinski definition) is 2.